The van der Waals surface area contributed by atoms with Crippen molar-refractivity contribution in [1.82, 2.24) is 29.1 Å². The maximum absolute atomic E-state index is 11.8. The zero-order valence-electron chi connectivity index (χ0n) is 24.6. The second kappa shape index (κ2) is 15.2. The molecule has 17 heteroatoms. The predicted octanol–water partition coefficient (Wildman–Crippen LogP) is 1.49. The van der Waals surface area contributed by atoms with Crippen LogP contribution in [-0.4, -0.2) is 91.9 Å². The quantitative estimate of drug-likeness (QED) is 0.411. The molecule has 15 nitrogen and oxygen atoms in total. The van der Waals surface area contributed by atoms with Gasteiger partial charge in [-0.25, -0.2) is 19.7 Å². The fraction of sp³-hybridized carbons (Fsp3) is 0.609. The van der Waals surface area contributed by atoms with Crippen LogP contribution in [0, 0.1) is 0 Å². The number of aromatic nitrogens is 6. The molecule has 0 aromatic carbocycles. The summed E-state index contributed by atoms with van der Waals surface area (Å²) in [6.07, 6.45) is 2.32. The maximum Gasteiger partial charge on any atom is 0.351 e. The van der Waals surface area contributed by atoms with Crippen LogP contribution < -0.4 is 15.5 Å². The van der Waals surface area contributed by atoms with Gasteiger partial charge in [0.05, 0.1) is 30.7 Å². The van der Waals surface area contributed by atoms with Crippen LogP contribution in [0.1, 0.15) is 41.8 Å². The third-order valence-electron chi connectivity index (χ3n) is 6.07. The average Bonchev–Trinajstić information content (AvgIpc) is 3.70. The van der Waals surface area contributed by atoms with E-state index in [-0.39, 0.29) is 20.0 Å². The van der Waals surface area contributed by atoms with Crippen molar-refractivity contribution in [3.63, 3.8) is 0 Å². The Balaban J connectivity index is 0.000000264. The SMILES string of the molecule is O=P.O=P.[3H]C[C@H]1O[C@@H](n2ccc(N(C)C)nc2=O)C[C@H]1O.[3H]C[C@H]1O[C@@H](n2cnc3c(N(C)C)ncnc32)C[C@H]1O. The number of anilines is 2. The number of imidazole rings is 1. The molecule has 0 unspecified atom stereocenters. The minimum atomic E-state index is -0.701. The van der Waals surface area contributed by atoms with Crippen molar-refractivity contribution in [3.05, 3.63) is 35.4 Å². The van der Waals surface area contributed by atoms with Gasteiger partial charge in [0, 0.05) is 50.0 Å². The number of aliphatic hydroxyl groups is 2. The second-order valence-corrected chi connectivity index (χ2v) is 9.15. The zero-order chi connectivity index (χ0) is 31.6. The van der Waals surface area contributed by atoms with Gasteiger partial charge >= 0.3 is 5.69 Å². The van der Waals surface area contributed by atoms with Gasteiger partial charge in [-0.1, -0.05) is 0 Å². The van der Waals surface area contributed by atoms with Crippen LogP contribution >= 0.6 is 18.2 Å². The zero-order valence-corrected chi connectivity index (χ0v) is 24.6. The summed E-state index contributed by atoms with van der Waals surface area (Å²) >= 11 is 0. The van der Waals surface area contributed by atoms with Gasteiger partial charge in [0.1, 0.15) is 42.8 Å². The van der Waals surface area contributed by atoms with Crippen LogP contribution in [0.15, 0.2) is 29.7 Å². The number of nitrogens with zero attached hydrogens (tertiary/aromatic N) is 8. The molecule has 6 atom stereocenters. The fourth-order valence-electron chi connectivity index (χ4n) is 4.02. The summed E-state index contributed by atoms with van der Waals surface area (Å²) in [5, 5.41) is 19.5. The van der Waals surface area contributed by atoms with E-state index in [4.69, 9.17) is 21.3 Å². The Morgan fingerprint density at radius 3 is 1.98 bits per heavy atom. The highest BCUT2D eigenvalue weighted by Crippen LogP contribution is 2.31. The van der Waals surface area contributed by atoms with Crippen molar-refractivity contribution in [2.24, 2.45) is 0 Å². The minimum absolute atomic E-state index is 0.0182. The van der Waals surface area contributed by atoms with Gasteiger partial charge in [-0.15, -0.1) is 0 Å². The summed E-state index contributed by atoms with van der Waals surface area (Å²) in [6, 6.07) is 1.71. The molecule has 0 bridgehead atoms. The Labute approximate surface area is 238 Å². The van der Waals surface area contributed by atoms with Crippen LogP contribution in [0.5, 0.6) is 0 Å². The molecule has 2 N–H and O–H groups in total. The molecule has 0 amide bonds. The Kier molecular flexibility index (Phi) is 11.4. The number of hydrogen-bond acceptors (Lipinski definition) is 13. The van der Waals surface area contributed by atoms with Crippen molar-refractivity contribution >= 4 is 41.0 Å². The van der Waals surface area contributed by atoms with Crippen molar-refractivity contribution in [2.75, 3.05) is 38.0 Å². The van der Waals surface area contributed by atoms with Crippen molar-refractivity contribution in [3.8, 4) is 0 Å². The number of rotatable bonds is 4. The lowest BCUT2D eigenvalue weighted by Crippen LogP contribution is -2.28. The van der Waals surface area contributed by atoms with E-state index in [0.29, 0.717) is 29.8 Å². The summed E-state index contributed by atoms with van der Waals surface area (Å²) in [5.74, 6) is 1.32. The summed E-state index contributed by atoms with van der Waals surface area (Å²) in [7, 11) is 10.8. The normalized spacial score (nSPS) is 25.8. The topological polar surface area (TPSA) is 178 Å². The molecule has 5 heterocycles. The van der Waals surface area contributed by atoms with Crippen LogP contribution in [0.2, 0.25) is 0 Å². The van der Waals surface area contributed by atoms with Gasteiger partial charge in [0.15, 0.2) is 17.0 Å². The van der Waals surface area contributed by atoms with Gasteiger partial charge in [-0.2, -0.15) is 4.98 Å². The molecule has 5 rings (SSSR count). The molecule has 3 aromatic rings. The molecule has 2 aliphatic rings. The van der Waals surface area contributed by atoms with Crippen LogP contribution in [0.3, 0.4) is 0 Å². The van der Waals surface area contributed by atoms with Gasteiger partial charge in [-0.05, 0) is 19.9 Å². The summed E-state index contributed by atoms with van der Waals surface area (Å²) in [5.41, 5.74) is 0.959. The molecule has 2 fully saturated rings. The van der Waals surface area contributed by atoms with Crippen molar-refractivity contribution in [2.45, 2.75) is 63.5 Å². The largest absolute Gasteiger partial charge is 0.390 e. The van der Waals surface area contributed by atoms with Crippen molar-refractivity contribution < 1.29 is 31.6 Å². The maximum atomic E-state index is 11.8. The molecular weight excluding hydrogens is 562 g/mol. The Morgan fingerprint density at radius 1 is 0.925 bits per heavy atom. The van der Waals surface area contributed by atoms with E-state index < -0.39 is 36.3 Å². The number of fused-ring (bicyclic) bond motifs is 1. The molecular formula is C23H36N8O7P2. The molecule has 0 saturated carbocycles. The molecule has 2 aliphatic heterocycles. The van der Waals surface area contributed by atoms with E-state index in [9.17, 15) is 15.0 Å². The van der Waals surface area contributed by atoms with E-state index in [2.05, 4.69) is 19.9 Å². The third-order valence-corrected chi connectivity index (χ3v) is 6.07. The lowest BCUT2D eigenvalue weighted by molar-refractivity contribution is -0.0100. The smallest absolute Gasteiger partial charge is 0.351 e. The monoisotopic (exact) mass is 602 g/mol. The minimum Gasteiger partial charge on any atom is -0.390 e. The van der Waals surface area contributed by atoms with E-state index >= 15 is 0 Å². The standard InChI is InChI=1S/C12H17N5O2.C11H17N3O3.2HOP/c1-7-8(18)4-9(19-7)17-6-15-10-11(16(2)3)13-5-14-12(10)17;1-7-8(15)6-10(17-7)14-5-4-9(13(2)3)12-11(14)16;2*1-2/h5-9,18H,4H2,1-3H3;4-5,7-8,10,15H,6H2,1-3H3;2*2H/t7-,8-,9-;7-,8-,10-;;/m11../s1/i2*1T;;. The number of aliphatic hydroxyl groups excluding tert-OH is 2. The van der Waals surface area contributed by atoms with Gasteiger partial charge in [-0.3, -0.25) is 18.3 Å². The number of hydrogen-bond donors (Lipinski definition) is 2. The second-order valence-electron chi connectivity index (χ2n) is 9.15. The van der Waals surface area contributed by atoms with Gasteiger partial charge in [0.25, 0.3) is 0 Å². The summed E-state index contributed by atoms with van der Waals surface area (Å²) in [6.45, 7) is 0.0257. The first-order chi connectivity index (χ1) is 20.1. The van der Waals surface area contributed by atoms with Crippen LogP contribution in [0.4, 0.5) is 11.6 Å². The highest BCUT2D eigenvalue weighted by Gasteiger charge is 2.33. The van der Waals surface area contributed by atoms with Crippen LogP contribution in [-0.2, 0) is 18.6 Å². The highest BCUT2D eigenvalue weighted by molar-refractivity contribution is 7.00. The first-order valence-corrected chi connectivity index (χ1v) is 12.7. The molecule has 2 saturated heterocycles. The first-order valence-electron chi connectivity index (χ1n) is 13.3. The molecule has 0 radical (unpaired) electrons. The fourth-order valence-corrected chi connectivity index (χ4v) is 4.02. The summed E-state index contributed by atoms with van der Waals surface area (Å²) < 4.78 is 45.0. The Bertz CT molecular complexity index is 1340. The van der Waals surface area contributed by atoms with Gasteiger partial charge in [0.2, 0.25) is 0 Å². The van der Waals surface area contributed by atoms with E-state index in [1.165, 1.54) is 10.9 Å². The molecule has 220 valence electrons. The Morgan fingerprint density at radius 2 is 1.50 bits per heavy atom. The molecule has 0 spiro atoms. The van der Waals surface area contributed by atoms with Crippen LogP contribution in [0.25, 0.3) is 11.2 Å². The van der Waals surface area contributed by atoms with E-state index in [0.717, 1.165) is 5.82 Å². The lowest BCUT2D eigenvalue weighted by Gasteiger charge is -2.15. The highest BCUT2D eigenvalue weighted by atomic mass is 31.0. The third kappa shape index (κ3) is 7.62. The predicted molar refractivity (Wildman–Crippen MR) is 151 cm³/mol. The molecule has 40 heavy (non-hydrogen) atoms. The summed E-state index contributed by atoms with van der Waals surface area (Å²) in [4.78, 5) is 32.2. The van der Waals surface area contributed by atoms with E-state index in [1.807, 2.05) is 19.0 Å². The molecule has 0 aliphatic carbocycles. The average molecular weight is 603 g/mol. The number of ether oxygens (including phenoxy) is 2. The lowest BCUT2D eigenvalue weighted by atomic mass is 10.2. The first kappa shape index (κ1) is 30.0. The van der Waals surface area contributed by atoms with E-state index in [1.54, 1.807) is 60.4 Å². The Hall–Kier alpha value is -2.93. The van der Waals surface area contributed by atoms with Gasteiger partial charge < -0.3 is 29.5 Å². The van der Waals surface area contributed by atoms with Crippen molar-refractivity contribution in [1.29, 1.82) is 0 Å². The molecule has 3 aromatic heterocycles.